The van der Waals surface area contributed by atoms with Gasteiger partial charge in [-0.1, -0.05) is 13.8 Å². The molecule has 0 radical (unpaired) electrons. The van der Waals surface area contributed by atoms with E-state index in [-0.39, 0.29) is 0 Å². The Morgan fingerprint density at radius 3 is 1.00 bits per heavy atom. The maximum atomic E-state index is 11.1. The number of carbonyl (C=O) groups is 2. The summed E-state index contributed by atoms with van der Waals surface area (Å²) >= 11 is 0. The first-order valence-electron chi connectivity index (χ1n) is 12.3. The first-order chi connectivity index (χ1) is 16.0. The molecular formula is C22H40N8O4. The molecule has 9 rings (SSSR count). The summed E-state index contributed by atoms with van der Waals surface area (Å²) in [6, 6.07) is 0. The van der Waals surface area contributed by atoms with Crippen molar-refractivity contribution in [3.8, 4) is 0 Å². The topological polar surface area (TPSA) is 101 Å². The van der Waals surface area contributed by atoms with E-state index in [9.17, 15) is 9.59 Å². The Morgan fingerprint density at radius 2 is 0.853 bits per heavy atom. The van der Waals surface area contributed by atoms with E-state index in [2.05, 4.69) is 39.2 Å². The van der Waals surface area contributed by atoms with E-state index in [1.165, 1.54) is 80.0 Å². The van der Waals surface area contributed by atoms with Crippen LogP contribution in [0.25, 0.3) is 0 Å². The van der Waals surface area contributed by atoms with Crippen molar-refractivity contribution in [1.29, 1.82) is 0 Å². The third kappa shape index (κ3) is 4.46. The highest BCUT2D eigenvalue weighted by Gasteiger charge is 2.58. The molecule has 0 spiro atoms. The largest absolute Gasteiger partial charge is 0.481 e. The molecule has 8 saturated heterocycles. The molecule has 2 atom stereocenters. The van der Waals surface area contributed by atoms with Gasteiger partial charge in [0.15, 0.2) is 0 Å². The molecule has 2 unspecified atom stereocenters. The smallest absolute Gasteiger partial charge is 0.309 e. The molecule has 0 aromatic heterocycles. The Hall–Kier alpha value is -1.38. The third-order valence-electron chi connectivity index (χ3n) is 8.80. The number of nitrogens with zero attached hydrogens (tertiary/aromatic N) is 8. The average Bonchev–Trinajstić information content (AvgIpc) is 2.97. The Balaban J connectivity index is 0.000000108. The minimum absolute atomic E-state index is 0.437. The summed E-state index contributed by atoms with van der Waals surface area (Å²) in [5.41, 5.74) is -1.61. The van der Waals surface area contributed by atoms with Crippen molar-refractivity contribution in [2.24, 2.45) is 16.7 Å². The van der Waals surface area contributed by atoms with Crippen LogP contribution in [-0.2, 0) is 9.59 Å². The van der Waals surface area contributed by atoms with Gasteiger partial charge in [-0.05, 0) is 25.2 Å². The zero-order chi connectivity index (χ0) is 24.3. The number of aliphatic carboxylic acids is 2. The minimum atomic E-state index is -0.921. The Bertz CT molecular complexity index is 661. The summed E-state index contributed by atoms with van der Waals surface area (Å²) in [5.74, 6) is -2.34. The van der Waals surface area contributed by atoms with Crippen molar-refractivity contribution < 1.29 is 19.8 Å². The molecule has 9 aliphatic rings. The number of carboxylic acid groups (broad SMARTS) is 2. The monoisotopic (exact) mass is 480 g/mol. The molecule has 0 aromatic carbocycles. The van der Waals surface area contributed by atoms with E-state index in [4.69, 9.17) is 10.2 Å². The Kier molecular flexibility index (Phi) is 6.39. The van der Waals surface area contributed by atoms with Gasteiger partial charge in [0, 0.05) is 0 Å². The predicted molar refractivity (Wildman–Crippen MR) is 123 cm³/mol. The fourth-order valence-corrected chi connectivity index (χ4v) is 6.78. The van der Waals surface area contributed by atoms with Crippen molar-refractivity contribution in [2.45, 2.75) is 33.6 Å². The Morgan fingerprint density at radius 1 is 0.588 bits per heavy atom. The van der Waals surface area contributed by atoms with Gasteiger partial charge in [0.1, 0.15) is 0 Å². The van der Waals surface area contributed by atoms with Crippen LogP contribution in [0.1, 0.15) is 33.6 Å². The first kappa shape index (κ1) is 24.3. The molecule has 12 heteroatoms. The van der Waals surface area contributed by atoms with Crippen LogP contribution >= 0.6 is 0 Å². The van der Waals surface area contributed by atoms with Crippen LogP contribution in [0.5, 0.6) is 0 Å². The lowest BCUT2D eigenvalue weighted by Gasteiger charge is -2.56. The van der Waals surface area contributed by atoms with Crippen LogP contribution in [0.2, 0.25) is 0 Å². The molecule has 8 heterocycles. The fraction of sp³-hybridized carbons (Fsp3) is 0.909. The van der Waals surface area contributed by atoms with Gasteiger partial charge in [-0.2, -0.15) is 0 Å². The molecule has 2 N–H and O–H groups in total. The van der Waals surface area contributed by atoms with Crippen molar-refractivity contribution in [3.63, 3.8) is 0 Å². The molecule has 0 amide bonds. The van der Waals surface area contributed by atoms with E-state index >= 15 is 0 Å². The molecule has 8 bridgehead atoms. The van der Waals surface area contributed by atoms with Crippen molar-refractivity contribution in [3.05, 3.63) is 0 Å². The summed E-state index contributed by atoms with van der Waals surface area (Å²) in [4.78, 5) is 41.8. The zero-order valence-corrected chi connectivity index (χ0v) is 20.8. The second-order valence-electron chi connectivity index (χ2n) is 11.9. The predicted octanol–water partition coefficient (Wildman–Crippen LogP) is -0.441. The van der Waals surface area contributed by atoms with E-state index < -0.39 is 28.7 Å². The standard InChI is InChI=1S/C10H16O4.2C6H12N4/c1-9(2)6(7(11)12)4-5-10(9,3)8(13)14;2*1-7-2-9-4-8(1)5-10(3-7)6-9/h6H,4-5H2,1-3H3,(H,11,12)(H,13,14);2*1-6H2. The van der Waals surface area contributed by atoms with E-state index in [1.807, 2.05) is 0 Å². The summed E-state index contributed by atoms with van der Waals surface area (Å²) in [7, 11) is 0. The number of rotatable bonds is 2. The minimum Gasteiger partial charge on any atom is -0.481 e. The van der Waals surface area contributed by atoms with Gasteiger partial charge in [0.2, 0.25) is 0 Å². The van der Waals surface area contributed by atoms with Gasteiger partial charge >= 0.3 is 11.9 Å². The summed E-state index contributed by atoms with van der Waals surface area (Å²) < 4.78 is 0. The highest BCUT2D eigenvalue weighted by molar-refractivity contribution is 5.80. The molecule has 34 heavy (non-hydrogen) atoms. The average molecular weight is 481 g/mol. The van der Waals surface area contributed by atoms with Crippen LogP contribution in [0.3, 0.4) is 0 Å². The molecular weight excluding hydrogens is 440 g/mol. The van der Waals surface area contributed by atoms with Crippen LogP contribution in [0.4, 0.5) is 0 Å². The van der Waals surface area contributed by atoms with Gasteiger partial charge in [0.05, 0.1) is 91.4 Å². The number of carboxylic acids is 2. The van der Waals surface area contributed by atoms with Gasteiger partial charge in [0.25, 0.3) is 0 Å². The second-order valence-corrected chi connectivity index (χ2v) is 11.9. The van der Waals surface area contributed by atoms with Gasteiger partial charge in [-0.15, -0.1) is 0 Å². The van der Waals surface area contributed by atoms with Crippen LogP contribution in [0, 0.1) is 16.7 Å². The normalized spacial score (nSPS) is 48.5. The first-order valence-corrected chi connectivity index (χ1v) is 12.3. The van der Waals surface area contributed by atoms with Crippen molar-refractivity contribution in [1.82, 2.24) is 39.2 Å². The van der Waals surface area contributed by atoms with Gasteiger partial charge in [-0.25, -0.2) is 0 Å². The molecule has 1 saturated carbocycles. The van der Waals surface area contributed by atoms with Crippen molar-refractivity contribution in [2.75, 3.05) is 80.0 Å². The summed E-state index contributed by atoms with van der Waals surface area (Å²) in [6.45, 7) is 19.3. The molecule has 9 fully saturated rings. The lowest BCUT2D eigenvalue weighted by Crippen LogP contribution is -2.71. The third-order valence-corrected chi connectivity index (χ3v) is 8.80. The van der Waals surface area contributed by atoms with E-state index in [0.717, 1.165) is 0 Å². The molecule has 192 valence electrons. The molecule has 12 nitrogen and oxygen atoms in total. The molecule has 1 aliphatic carbocycles. The molecule has 8 aliphatic heterocycles. The van der Waals surface area contributed by atoms with Gasteiger partial charge in [-0.3, -0.25) is 48.8 Å². The highest BCUT2D eigenvalue weighted by Crippen LogP contribution is 2.56. The quantitative estimate of drug-likeness (QED) is 0.536. The lowest BCUT2D eigenvalue weighted by atomic mass is 9.66. The summed E-state index contributed by atoms with van der Waals surface area (Å²) in [5, 5.41) is 18.1. The fourth-order valence-electron chi connectivity index (χ4n) is 6.78. The van der Waals surface area contributed by atoms with Crippen LogP contribution in [0.15, 0.2) is 0 Å². The summed E-state index contributed by atoms with van der Waals surface area (Å²) in [6.07, 6.45) is 0.886. The number of hydrogen-bond donors (Lipinski definition) is 2. The highest BCUT2D eigenvalue weighted by atomic mass is 16.4. The maximum Gasteiger partial charge on any atom is 0.309 e. The Labute approximate surface area is 201 Å². The zero-order valence-electron chi connectivity index (χ0n) is 20.8. The molecule has 0 aromatic rings. The van der Waals surface area contributed by atoms with Crippen molar-refractivity contribution >= 4 is 11.9 Å². The second kappa shape index (κ2) is 8.93. The number of hydrogen-bond acceptors (Lipinski definition) is 10. The van der Waals surface area contributed by atoms with Crippen LogP contribution in [-0.4, -0.2) is 141 Å². The lowest BCUT2D eigenvalue weighted by molar-refractivity contribution is -0.194. The SMILES string of the molecule is C1N2CN3CN1CN(C2)C3.C1N2CN3CN1CN(C2)C3.CC1(C(=O)O)CCC(C(=O)O)C1(C)C. The van der Waals surface area contributed by atoms with Gasteiger partial charge < -0.3 is 10.2 Å². The van der Waals surface area contributed by atoms with E-state index in [1.54, 1.807) is 20.8 Å². The maximum absolute atomic E-state index is 11.1. The van der Waals surface area contributed by atoms with E-state index in [0.29, 0.717) is 12.8 Å². The van der Waals surface area contributed by atoms with Crippen LogP contribution < -0.4 is 0 Å².